The molecule has 2 fully saturated rings. The van der Waals surface area contributed by atoms with Crippen molar-refractivity contribution in [3.05, 3.63) is 69.4 Å². The van der Waals surface area contributed by atoms with Gasteiger partial charge >= 0.3 is 12.2 Å². The molecule has 1 spiro atoms. The second-order valence-corrected chi connectivity index (χ2v) is 10.9. The third-order valence-electron chi connectivity index (χ3n) is 7.67. The molecule has 2 aromatic rings. The summed E-state index contributed by atoms with van der Waals surface area (Å²) in [5, 5.41) is 11.5. The molecule has 1 saturated heterocycles. The van der Waals surface area contributed by atoms with Crippen molar-refractivity contribution in [3.8, 4) is 0 Å². The van der Waals surface area contributed by atoms with Gasteiger partial charge < -0.3 is 20.1 Å². The lowest BCUT2D eigenvalue weighted by Gasteiger charge is -2.37. The Hall–Kier alpha value is -3.47. The topological polar surface area (TPSA) is 116 Å². The highest BCUT2D eigenvalue weighted by atomic mass is 79.9. The van der Waals surface area contributed by atoms with Crippen molar-refractivity contribution in [2.24, 2.45) is 0 Å². The molecule has 5 rings (SSSR count). The number of carbonyl (C=O) groups excluding carboxylic acids is 3. The molecule has 11 heteroatoms. The van der Waals surface area contributed by atoms with Crippen molar-refractivity contribution in [2.75, 3.05) is 6.54 Å². The van der Waals surface area contributed by atoms with Gasteiger partial charge in [0, 0.05) is 35.1 Å². The van der Waals surface area contributed by atoms with Gasteiger partial charge in [0.25, 0.3) is 5.91 Å². The van der Waals surface area contributed by atoms with Crippen LogP contribution in [0.1, 0.15) is 48.8 Å². The van der Waals surface area contributed by atoms with Crippen molar-refractivity contribution < 1.29 is 33.4 Å². The van der Waals surface area contributed by atoms with Gasteiger partial charge in [0.15, 0.2) is 0 Å². The molecule has 2 aromatic carbocycles. The van der Waals surface area contributed by atoms with Crippen LogP contribution in [0, 0.1) is 5.82 Å². The number of ether oxygens (including phenoxy) is 1. The van der Waals surface area contributed by atoms with Gasteiger partial charge in [-0.25, -0.2) is 18.9 Å². The number of halogens is 2. The predicted molar refractivity (Wildman–Crippen MR) is 136 cm³/mol. The molecule has 0 aromatic heterocycles. The molecule has 1 saturated carbocycles. The maximum atomic E-state index is 13.6. The van der Waals surface area contributed by atoms with Crippen LogP contribution in [-0.4, -0.2) is 57.5 Å². The summed E-state index contributed by atoms with van der Waals surface area (Å²) in [5.74, 6) is -1.38. The Balaban J connectivity index is 1.35. The smallest absolute Gasteiger partial charge is 0.418 e. The van der Waals surface area contributed by atoms with Crippen LogP contribution in [0.2, 0.25) is 0 Å². The fourth-order valence-corrected chi connectivity index (χ4v) is 6.17. The number of aryl methyl sites for hydroxylation is 1. The number of rotatable bonds is 6. The number of nitrogens with one attached hydrogen (secondary N) is 1. The number of carboxylic acid groups (broad SMARTS) is 1. The Bertz CT molecular complexity index is 1280. The Kier molecular flexibility index (Phi) is 7.13. The fourth-order valence-electron chi connectivity index (χ4n) is 5.76. The number of hydrogen-bond acceptors (Lipinski definition) is 5. The van der Waals surface area contributed by atoms with Gasteiger partial charge in [-0.15, -0.1) is 0 Å². The first-order valence-corrected chi connectivity index (χ1v) is 13.3. The minimum Gasteiger partial charge on any atom is -0.465 e. The summed E-state index contributed by atoms with van der Waals surface area (Å²) >= 11 is 3.43. The first-order chi connectivity index (χ1) is 18.2. The number of imide groups is 1. The van der Waals surface area contributed by atoms with Gasteiger partial charge in [-0.2, -0.15) is 0 Å². The molecule has 200 valence electrons. The second kappa shape index (κ2) is 10.4. The largest absolute Gasteiger partial charge is 0.465 e. The number of fused-ring (bicyclic) bond motifs is 2. The molecule has 3 aliphatic rings. The number of carbonyl (C=O) groups is 4. The Morgan fingerprint density at radius 1 is 1.13 bits per heavy atom. The average molecular weight is 588 g/mol. The zero-order valence-corrected chi connectivity index (χ0v) is 22.1. The van der Waals surface area contributed by atoms with E-state index in [1.54, 1.807) is 29.2 Å². The number of amides is 4. The summed E-state index contributed by atoms with van der Waals surface area (Å²) in [7, 11) is 0. The molecule has 9 nitrogen and oxygen atoms in total. The maximum absolute atomic E-state index is 13.6. The highest BCUT2D eigenvalue weighted by Gasteiger charge is 2.58. The van der Waals surface area contributed by atoms with E-state index in [4.69, 9.17) is 9.84 Å². The Labute approximate surface area is 227 Å². The van der Waals surface area contributed by atoms with E-state index in [0.29, 0.717) is 49.7 Å². The van der Waals surface area contributed by atoms with Crippen molar-refractivity contribution in [1.82, 2.24) is 15.1 Å². The minimum atomic E-state index is -1.42. The summed E-state index contributed by atoms with van der Waals surface area (Å²) in [6.07, 6.45) is 1.12. The summed E-state index contributed by atoms with van der Waals surface area (Å²) < 4.78 is 20.0. The minimum absolute atomic E-state index is 0.167. The Morgan fingerprint density at radius 3 is 2.53 bits per heavy atom. The van der Waals surface area contributed by atoms with Gasteiger partial charge in [-0.1, -0.05) is 34.1 Å². The standard InChI is InChI=1S/C27H27BrFN3O6/c28-18-3-10-22-17(13-18)11-12-27(22)24(34)32(26(37)38-27)15-23(33)31(14-16-1-4-19(29)5-2-16)21-8-6-20(7-9-21)30-25(35)36/h1-5,10,13,20-21,30H,6-9,11-12,14-15H2,(H,35,36)/t20-,21-,27-/m1/s1. The molecule has 1 heterocycles. The van der Waals surface area contributed by atoms with Crippen LogP contribution in [-0.2, 0) is 32.9 Å². The average Bonchev–Trinajstić information content (AvgIpc) is 3.35. The molecular weight excluding hydrogens is 561 g/mol. The van der Waals surface area contributed by atoms with Gasteiger partial charge in [0.1, 0.15) is 12.4 Å². The van der Waals surface area contributed by atoms with Crippen molar-refractivity contribution >= 4 is 39.9 Å². The summed E-state index contributed by atoms with van der Waals surface area (Å²) in [5.41, 5.74) is 0.836. The van der Waals surface area contributed by atoms with E-state index in [9.17, 15) is 23.6 Å². The summed E-state index contributed by atoms with van der Waals surface area (Å²) in [4.78, 5) is 53.6. The fraction of sp³-hybridized carbons (Fsp3) is 0.407. The monoisotopic (exact) mass is 587 g/mol. The molecule has 1 aliphatic heterocycles. The van der Waals surface area contributed by atoms with Gasteiger partial charge in [0.05, 0.1) is 0 Å². The molecule has 0 radical (unpaired) electrons. The van der Waals surface area contributed by atoms with Gasteiger partial charge in [0.2, 0.25) is 11.5 Å². The van der Waals surface area contributed by atoms with Crippen LogP contribution in [0.15, 0.2) is 46.9 Å². The normalized spacial score (nSPS) is 24.3. The molecule has 38 heavy (non-hydrogen) atoms. The van der Waals surface area contributed by atoms with E-state index in [1.807, 2.05) is 6.07 Å². The van der Waals surface area contributed by atoms with Gasteiger partial charge in [-0.3, -0.25) is 9.59 Å². The van der Waals surface area contributed by atoms with E-state index in [0.717, 1.165) is 14.9 Å². The van der Waals surface area contributed by atoms with Gasteiger partial charge in [-0.05, 0) is 67.5 Å². The van der Waals surface area contributed by atoms with Crippen LogP contribution < -0.4 is 5.32 Å². The first kappa shape index (κ1) is 26.1. The Morgan fingerprint density at radius 2 is 1.84 bits per heavy atom. The van der Waals surface area contributed by atoms with Crippen molar-refractivity contribution in [3.63, 3.8) is 0 Å². The molecular formula is C27H27BrFN3O6. The highest BCUT2D eigenvalue weighted by molar-refractivity contribution is 9.10. The molecule has 2 N–H and O–H groups in total. The molecule has 0 bridgehead atoms. The zero-order valence-electron chi connectivity index (χ0n) is 20.5. The first-order valence-electron chi connectivity index (χ1n) is 12.5. The van der Waals surface area contributed by atoms with E-state index in [-0.39, 0.29) is 18.6 Å². The third kappa shape index (κ3) is 4.99. The molecule has 0 unspecified atom stereocenters. The van der Waals surface area contributed by atoms with Crippen molar-refractivity contribution in [2.45, 2.75) is 62.8 Å². The molecule has 1 atom stereocenters. The lowest BCUT2D eigenvalue weighted by Crippen LogP contribution is -2.50. The maximum Gasteiger partial charge on any atom is 0.418 e. The number of benzene rings is 2. The quantitative estimate of drug-likeness (QED) is 0.520. The summed E-state index contributed by atoms with van der Waals surface area (Å²) in [6, 6.07) is 10.8. The van der Waals surface area contributed by atoms with E-state index in [2.05, 4.69) is 21.2 Å². The highest BCUT2D eigenvalue weighted by Crippen LogP contribution is 2.46. The number of nitrogens with zero attached hydrogens (tertiary/aromatic N) is 2. The lowest BCUT2D eigenvalue weighted by atomic mass is 9.89. The van der Waals surface area contributed by atoms with E-state index < -0.39 is 42.0 Å². The zero-order chi connectivity index (χ0) is 27.0. The molecule has 4 amide bonds. The lowest BCUT2D eigenvalue weighted by molar-refractivity contribution is -0.143. The van der Waals surface area contributed by atoms with E-state index in [1.165, 1.54) is 12.1 Å². The van der Waals surface area contributed by atoms with Crippen LogP contribution in [0.5, 0.6) is 0 Å². The van der Waals surface area contributed by atoms with Crippen LogP contribution in [0.4, 0.5) is 14.0 Å². The van der Waals surface area contributed by atoms with Crippen LogP contribution in [0.25, 0.3) is 0 Å². The van der Waals surface area contributed by atoms with E-state index >= 15 is 0 Å². The van der Waals surface area contributed by atoms with Crippen LogP contribution in [0.3, 0.4) is 0 Å². The van der Waals surface area contributed by atoms with Crippen molar-refractivity contribution in [1.29, 1.82) is 0 Å². The summed E-state index contributed by atoms with van der Waals surface area (Å²) in [6.45, 7) is -0.306. The predicted octanol–water partition coefficient (Wildman–Crippen LogP) is 4.32. The second-order valence-electron chi connectivity index (χ2n) is 9.99. The van der Waals surface area contributed by atoms with Crippen LogP contribution >= 0.6 is 15.9 Å². The SMILES string of the molecule is O=C(O)N[C@H]1CC[C@H](N(Cc2ccc(F)cc2)C(=O)CN2C(=O)O[C@@]3(CCc4cc(Br)ccc43)C2=O)CC1. The number of hydrogen-bond donors (Lipinski definition) is 2. The molecule has 2 aliphatic carbocycles. The third-order valence-corrected chi connectivity index (χ3v) is 8.16.